The number of aliphatic hydroxyl groups is 1. The summed E-state index contributed by atoms with van der Waals surface area (Å²) in [7, 11) is 0. The third-order valence-electron chi connectivity index (χ3n) is 9.40. The molecule has 1 atom stereocenters. The van der Waals surface area contributed by atoms with Crippen LogP contribution in [0.15, 0.2) is 24.3 Å². The summed E-state index contributed by atoms with van der Waals surface area (Å²) in [5, 5.41) is 25.1. The summed E-state index contributed by atoms with van der Waals surface area (Å²) in [5.74, 6) is 1.16. The molecular formula is C36H48F3N7O2S. The molecule has 6 rings (SSSR count). The van der Waals surface area contributed by atoms with Crippen molar-refractivity contribution >= 4 is 45.1 Å². The lowest BCUT2D eigenvalue weighted by Crippen LogP contribution is -2.43. The minimum Gasteiger partial charge on any atom is -0.393 e. The zero-order chi connectivity index (χ0) is 35.9. The monoisotopic (exact) mass is 699 g/mol. The number of carbonyl (C=O) groups excluding carboxylic acids is 1. The molecule has 266 valence electrons. The Morgan fingerprint density at radius 1 is 1.06 bits per heavy atom. The second kappa shape index (κ2) is 16.9. The quantitative estimate of drug-likeness (QED) is 0.202. The fraction of sp³-hybridized carbons (Fsp3) is 0.556. The Hall–Kier alpha value is -3.57. The first-order valence-electron chi connectivity index (χ1n) is 17.0. The predicted molar refractivity (Wildman–Crippen MR) is 190 cm³/mol. The summed E-state index contributed by atoms with van der Waals surface area (Å²) in [6.07, 6.45) is -2.04. The van der Waals surface area contributed by atoms with E-state index in [0.717, 1.165) is 87.2 Å². The molecular weight excluding hydrogens is 652 g/mol. The van der Waals surface area contributed by atoms with Crippen LogP contribution in [0.4, 0.5) is 19.0 Å². The smallest absolute Gasteiger partial charge is 0.393 e. The minimum absolute atomic E-state index is 0.172. The van der Waals surface area contributed by atoms with Crippen LogP contribution in [0.25, 0.3) is 21.1 Å². The number of thiophene rings is 1. The third-order valence-corrected chi connectivity index (χ3v) is 10.4. The van der Waals surface area contributed by atoms with Crippen molar-refractivity contribution in [1.82, 2.24) is 24.3 Å². The highest BCUT2D eigenvalue weighted by molar-refractivity contribution is 7.18. The van der Waals surface area contributed by atoms with Crippen molar-refractivity contribution in [2.75, 3.05) is 31.5 Å². The zero-order valence-corrected chi connectivity index (χ0v) is 29.9. The maximum Gasteiger partial charge on any atom is 0.393 e. The molecule has 2 aliphatic rings. The van der Waals surface area contributed by atoms with Gasteiger partial charge < -0.3 is 19.8 Å². The standard InChI is InChI=1S/C33H40F3N7OS.C2H6.CH2O/c1-20(42-12-8-26(44)9-13-42)18-43-25(17-37)14-28-21(2)23(4-5-30(28)43)19-41-10-6-24(7-11-41)40-31-29-15-27(16-33(34,35)36)45-32(29)39-22(3)38-31;2*1-2/h4-5,14-15,20,24,26,44H,6-13,16,18-19H2,1-3H3,(H,38,39,40);1-2H3;1H2/t20-;;/m0../s1. The summed E-state index contributed by atoms with van der Waals surface area (Å²) in [5.41, 5.74) is 4.20. The van der Waals surface area contributed by atoms with E-state index in [1.165, 1.54) is 11.1 Å². The number of nitrogens with one attached hydrogen (secondary N) is 1. The number of fused-ring (bicyclic) bond motifs is 2. The Kier molecular flexibility index (Phi) is 13.2. The van der Waals surface area contributed by atoms with Gasteiger partial charge in [-0.2, -0.15) is 18.4 Å². The first-order valence-corrected chi connectivity index (χ1v) is 17.8. The Morgan fingerprint density at radius 2 is 1.73 bits per heavy atom. The summed E-state index contributed by atoms with van der Waals surface area (Å²) in [4.78, 5) is 22.6. The molecule has 0 aliphatic carbocycles. The number of aliphatic hydroxyl groups excluding tert-OH is 1. The molecule has 0 unspecified atom stereocenters. The average Bonchev–Trinajstić information content (AvgIpc) is 3.65. The molecule has 49 heavy (non-hydrogen) atoms. The van der Waals surface area contributed by atoms with Gasteiger partial charge in [0, 0.05) is 67.1 Å². The van der Waals surface area contributed by atoms with E-state index in [1.807, 2.05) is 26.7 Å². The van der Waals surface area contributed by atoms with Crippen LogP contribution in [0, 0.1) is 25.2 Å². The Morgan fingerprint density at radius 3 is 2.37 bits per heavy atom. The van der Waals surface area contributed by atoms with Gasteiger partial charge in [0.05, 0.1) is 17.9 Å². The van der Waals surface area contributed by atoms with E-state index in [4.69, 9.17) is 4.79 Å². The topological polar surface area (TPSA) is 110 Å². The van der Waals surface area contributed by atoms with Crippen LogP contribution in [0.5, 0.6) is 0 Å². The van der Waals surface area contributed by atoms with Gasteiger partial charge in [-0.1, -0.05) is 19.9 Å². The Labute approximate surface area is 290 Å². The lowest BCUT2D eigenvalue weighted by molar-refractivity contribution is -0.126. The van der Waals surface area contributed by atoms with Gasteiger partial charge in [-0.15, -0.1) is 11.3 Å². The van der Waals surface area contributed by atoms with Gasteiger partial charge in [0.25, 0.3) is 0 Å². The van der Waals surface area contributed by atoms with Crippen LogP contribution < -0.4 is 5.32 Å². The van der Waals surface area contributed by atoms with Crippen LogP contribution in [-0.4, -0.2) is 86.8 Å². The summed E-state index contributed by atoms with van der Waals surface area (Å²) in [6.45, 7) is 17.2. The number of alkyl halides is 3. The molecule has 2 aliphatic heterocycles. The maximum absolute atomic E-state index is 13.0. The average molecular weight is 700 g/mol. The molecule has 0 spiro atoms. The number of nitriles is 1. The Bertz CT molecular complexity index is 1730. The molecule has 1 aromatic carbocycles. The van der Waals surface area contributed by atoms with Crippen molar-refractivity contribution in [3.8, 4) is 6.07 Å². The number of likely N-dealkylation sites (tertiary alicyclic amines) is 2. The predicted octanol–water partition coefficient (Wildman–Crippen LogP) is 7.00. The molecule has 9 nitrogen and oxygen atoms in total. The van der Waals surface area contributed by atoms with Gasteiger partial charge in [-0.3, -0.25) is 9.80 Å². The Balaban J connectivity index is 0.00000130. The molecule has 13 heteroatoms. The number of hydrogen-bond donors (Lipinski definition) is 2. The molecule has 2 fully saturated rings. The first-order chi connectivity index (χ1) is 23.5. The molecule has 5 heterocycles. The molecule has 0 amide bonds. The second-order valence-electron chi connectivity index (χ2n) is 12.7. The largest absolute Gasteiger partial charge is 0.393 e. The number of halogens is 3. The number of benzene rings is 1. The van der Waals surface area contributed by atoms with E-state index >= 15 is 0 Å². The maximum atomic E-state index is 13.0. The van der Waals surface area contributed by atoms with Crippen LogP contribution in [0.3, 0.4) is 0 Å². The van der Waals surface area contributed by atoms with E-state index in [-0.39, 0.29) is 23.1 Å². The number of hydrogen-bond acceptors (Lipinski definition) is 9. The number of rotatable bonds is 8. The SMILES string of the molecule is C=O.CC.Cc1nc(NC2CCN(Cc3ccc4c(cc(C#N)n4C[C@H](C)N4CCC(O)CC4)c3C)CC2)c2cc(CC(F)(F)F)sc2n1. The van der Waals surface area contributed by atoms with Crippen molar-refractivity contribution in [3.05, 3.63) is 51.8 Å². The van der Waals surface area contributed by atoms with Crippen LogP contribution in [0.2, 0.25) is 0 Å². The van der Waals surface area contributed by atoms with Gasteiger partial charge in [0.1, 0.15) is 35.0 Å². The first kappa shape index (κ1) is 38.2. The van der Waals surface area contributed by atoms with Crippen molar-refractivity contribution in [1.29, 1.82) is 5.26 Å². The molecule has 2 N–H and O–H groups in total. The molecule has 0 bridgehead atoms. The van der Waals surface area contributed by atoms with Crippen LogP contribution in [-0.2, 0) is 24.3 Å². The molecule has 2 saturated heterocycles. The van der Waals surface area contributed by atoms with Crippen molar-refractivity contribution < 1.29 is 23.1 Å². The second-order valence-corrected chi connectivity index (χ2v) is 13.8. The lowest BCUT2D eigenvalue weighted by atomic mass is 10.0. The molecule has 0 radical (unpaired) electrons. The fourth-order valence-corrected chi connectivity index (χ4v) is 7.93. The summed E-state index contributed by atoms with van der Waals surface area (Å²) >= 11 is 1.08. The normalized spacial score (nSPS) is 17.2. The number of piperidine rings is 2. The highest BCUT2D eigenvalue weighted by Crippen LogP contribution is 2.34. The zero-order valence-electron chi connectivity index (χ0n) is 29.1. The van der Waals surface area contributed by atoms with Gasteiger partial charge >= 0.3 is 6.18 Å². The molecule has 3 aromatic heterocycles. The van der Waals surface area contributed by atoms with Gasteiger partial charge in [-0.25, -0.2) is 9.97 Å². The van der Waals surface area contributed by atoms with Crippen molar-refractivity contribution in [2.45, 2.75) is 104 Å². The third kappa shape index (κ3) is 9.36. The van der Waals surface area contributed by atoms with Crippen molar-refractivity contribution in [3.63, 3.8) is 0 Å². The number of nitrogens with zero attached hydrogens (tertiary/aromatic N) is 6. The summed E-state index contributed by atoms with van der Waals surface area (Å²) in [6, 6.07) is 10.8. The fourth-order valence-electron chi connectivity index (χ4n) is 6.83. The van der Waals surface area contributed by atoms with E-state index in [2.05, 4.69) is 61.7 Å². The van der Waals surface area contributed by atoms with Gasteiger partial charge in [0.2, 0.25) is 0 Å². The van der Waals surface area contributed by atoms with Crippen LogP contribution in [0.1, 0.15) is 74.0 Å². The molecule has 0 saturated carbocycles. The van der Waals surface area contributed by atoms with Gasteiger partial charge in [-0.05, 0) is 75.8 Å². The van der Waals surface area contributed by atoms with E-state index in [0.29, 0.717) is 27.6 Å². The van der Waals surface area contributed by atoms with Crippen molar-refractivity contribution in [2.24, 2.45) is 0 Å². The number of aromatic nitrogens is 3. The van der Waals surface area contributed by atoms with E-state index in [9.17, 15) is 23.5 Å². The lowest BCUT2D eigenvalue weighted by Gasteiger charge is -2.34. The highest BCUT2D eigenvalue weighted by Gasteiger charge is 2.30. The van der Waals surface area contributed by atoms with E-state index in [1.54, 1.807) is 13.0 Å². The van der Waals surface area contributed by atoms with Crippen LogP contribution >= 0.6 is 11.3 Å². The molecule has 4 aromatic rings. The highest BCUT2D eigenvalue weighted by atomic mass is 32.1. The number of aryl methyl sites for hydroxylation is 2. The minimum atomic E-state index is -4.26. The van der Waals surface area contributed by atoms with Gasteiger partial charge in [0.15, 0.2) is 0 Å². The summed E-state index contributed by atoms with van der Waals surface area (Å²) < 4.78 is 41.1. The van der Waals surface area contributed by atoms with E-state index < -0.39 is 12.6 Å². The number of carbonyl (C=O) groups is 1. The number of anilines is 1.